The molecule has 2 aromatic heterocycles. The van der Waals surface area contributed by atoms with Gasteiger partial charge in [0, 0.05) is 27.2 Å². The van der Waals surface area contributed by atoms with Crippen molar-refractivity contribution < 1.29 is 4.42 Å². The molecule has 0 aliphatic carbocycles. The standard InChI is InChI=1S/C45H29NO/c1-27(2)31-15-9-16-42-45(31)40-25-28(29-19-23-44-39(24-29)37-14-7-8-17-43(37)47-44)18-22-41(40)46(42)30-20-21-36-34-12-4-3-10-32(34)33-11-5-6-13-35(33)38(36)26-30/h3-26H,1H2,2H3. The fourth-order valence-corrected chi connectivity index (χ4v) is 7.82. The smallest absolute Gasteiger partial charge is 0.135 e. The van der Waals surface area contributed by atoms with E-state index in [2.05, 4.69) is 152 Å². The lowest BCUT2D eigenvalue weighted by Crippen LogP contribution is -1.95. The Morgan fingerprint density at radius 3 is 1.79 bits per heavy atom. The van der Waals surface area contributed by atoms with Gasteiger partial charge in [-0.1, -0.05) is 109 Å². The van der Waals surface area contributed by atoms with Crippen molar-refractivity contribution in [3.63, 3.8) is 0 Å². The Morgan fingerprint density at radius 2 is 1.06 bits per heavy atom. The number of aromatic nitrogens is 1. The number of hydrogen-bond acceptors (Lipinski definition) is 1. The summed E-state index contributed by atoms with van der Waals surface area (Å²) < 4.78 is 8.56. The van der Waals surface area contributed by atoms with Crippen molar-refractivity contribution in [2.45, 2.75) is 6.92 Å². The molecular weight excluding hydrogens is 571 g/mol. The monoisotopic (exact) mass is 599 g/mol. The minimum absolute atomic E-state index is 0.911. The van der Waals surface area contributed by atoms with Crippen molar-refractivity contribution in [1.82, 2.24) is 4.57 Å². The van der Waals surface area contributed by atoms with Gasteiger partial charge in [0.2, 0.25) is 0 Å². The van der Waals surface area contributed by atoms with Crippen molar-refractivity contribution in [1.29, 1.82) is 0 Å². The van der Waals surface area contributed by atoms with Crippen LogP contribution in [0.4, 0.5) is 0 Å². The van der Waals surface area contributed by atoms with E-state index in [0.717, 1.165) is 33.2 Å². The van der Waals surface area contributed by atoms with Crippen molar-refractivity contribution in [3.8, 4) is 16.8 Å². The topological polar surface area (TPSA) is 18.1 Å². The van der Waals surface area contributed by atoms with Gasteiger partial charge in [-0.2, -0.15) is 0 Å². The number of hydrogen-bond donors (Lipinski definition) is 0. The first-order chi connectivity index (χ1) is 23.1. The fraction of sp³-hybridized carbons (Fsp3) is 0.0222. The lowest BCUT2D eigenvalue weighted by atomic mass is 9.94. The molecule has 0 saturated heterocycles. The first kappa shape index (κ1) is 26.1. The van der Waals surface area contributed by atoms with E-state index < -0.39 is 0 Å². The number of rotatable bonds is 3. The van der Waals surface area contributed by atoms with Crippen LogP contribution in [0.15, 0.2) is 157 Å². The predicted molar refractivity (Wildman–Crippen MR) is 201 cm³/mol. The second kappa shape index (κ2) is 9.69. The Morgan fingerprint density at radius 1 is 0.468 bits per heavy atom. The van der Waals surface area contributed by atoms with E-state index in [1.165, 1.54) is 70.8 Å². The van der Waals surface area contributed by atoms with Gasteiger partial charge >= 0.3 is 0 Å². The number of para-hydroxylation sites is 1. The highest BCUT2D eigenvalue weighted by atomic mass is 16.3. The molecule has 0 spiro atoms. The molecule has 0 saturated carbocycles. The minimum Gasteiger partial charge on any atom is -0.456 e. The van der Waals surface area contributed by atoms with Gasteiger partial charge in [0.1, 0.15) is 11.2 Å². The first-order valence-electron chi connectivity index (χ1n) is 16.1. The number of nitrogens with zero attached hydrogens (tertiary/aromatic N) is 1. The Kier molecular flexibility index (Phi) is 5.39. The molecule has 0 fully saturated rings. The molecule has 0 aliphatic heterocycles. The molecule has 0 aliphatic rings. The molecule has 0 N–H and O–H groups in total. The highest BCUT2D eigenvalue weighted by Gasteiger charge is 2.18. The van der Waals surface area contributed by atoms with E-state index >= 15 is 0 Å². The summed E-state index contributed by atoms with van der Waals surface area (Å²) in [5.41, 5.74) is 9.92. The molecule has 0 bridgehead atoms. The van der Waals surface area contributed by atoms with Crippen molar-refractivity contribution in [3.05, 3.63) is 158 Å². The number of benzene rings is 8. The van der Waals surface area contributed by atoms with Gasteiger partial charge in [-0.15, -0.1) is 0 Å². The van der Waals surface area contributed by atoms with E-state index in [-0.39, 0.29) is 0 Å². The van der Waals surface area contributed by atoms with E-state index in [1.54, 1.807) is 0 Å². The Balaban J connectivity index is 1.26. The zero-order valence-corrected chi connectivity index (χ0v) is 25.9. The Bertz CT molecular complexity index is 2900. The molecule has 10 aromatic rings. The molecule has 0 atom stereocenters. The molecule has 2 heteroatoms. The second-order valence-electron chi connectivity index (χ2n) is 12.7. The highest BCUT2D eigenvalue weighted by Crippen LogP contribution is 2.41. The van der Waals surface area contributed by atoms with Crippen LogP contribution >= 0.6 is 0 Å². The van der Waals surface area contributed by atoms with Gasteiger partial charge in [-0.25, -0.2) is 0 Å². The van der Waals surface area contributed by atoms with Crippen molar-refractivity contribution in [2.24, 2.45) is 0 Å². The third-order valence-electron chi connectivity index (χ3n) is 9.95. The van der Waals surface area contributed by atoms with Gasteiger partial charge in [0.15, 0.2) is 0 Å². The zero-order chi connectivity index (χ0) is 31.2. The summed E-state index contributed by atoms with van der Waals surface area (Å²) >= 11 is 0. The summed E-state index contributed by atoms with van der Waals surface area (Å²) in [6.07, 6.45) is 0. The van der Waals surface area contributed by atoms with E-state index in [9.17, 15) is 0 Å². The molecule has 10 rings (SSSR count). The summed E-state index contributed by atoms with van der Waals surface area (Å²) in [4.78, 5) is 0. The Labute approximate surface area is 271 Å². The molecule has 2 heterocycles. The quantitative estimate of drug-likeness (QED) is 0.185. The van der Waals surface area contributed by atoms with Crippen molar-refractivity contribution in [2.75, 3.05) is 0 Å². The van der Waals surface area contributed by atoms with Crippen LogP contribution in [-0.4, -0.2) is 4.57 Å². The van der Waals surface area contributed by atoms with Crippen LogP contribution in [0.2, 0.25) is 0 Å². The second-order valence-corrected chi connectivity index (χ2v) is 12.7. The average molecular weight is 600 g/mol. The van der Waals surface area contributed by atoms with Crippen LogP contribution in [0.5, 0.6) is 0 Å². The van der Waals surface area contributed by atoms with Crippen LogP contribution in [0.3, 0.4) is 0 Å². The largest absolute Gasteiger partial charge is 0.456 e. The van der Waals surface area contributed by atoms with E-state index in [0.29, 0.717) is 0 Å². The average Bonchev–Trinajstić information content (AvgIpc) is 3.66. The van der Waals surface area contributed by atoms with Gasteiger partial charge in [0.05, 0.1) is 11.0 Å². The summed E-state index contributed by atoms with van der Waals surface area (Å²) in [7, 11) is 0. The number of fused-ring (bicyclic) bond motifs is 12. The van der Waals surface area contributed by atoms with Crippen molar-refractivity contribution >= 4 is 81.6 Å². The molecule has 47 heavy (non-hydrogen) atoms. The summed E-state index contributed by atoms with van der Waals surface area (Å²) in [6.45, 7) is 6.49. The van der Waals surface area contributed by atoms with Crippen LogP contribution in [0.25, 0.3) is 98.4 Å². The van der Waals surface area contributed by atoms with E-state index in [1.807, 2.05) is 12.1 Å². The lowest BCUT2D eigenvalue weighted by molar-refractivity contribution is 0.669. The predicted octanol–water partition coefficient (Wildman–Crippen LogP) is 12.8. The molecule has 0 radical (unpaired) electrons. The third kappa shape index (κ3) is 3.73. The molecule has 8 aromatic carbocycles. The van der Waals surface area contributed by atoms with Gasteiger partial charge in [-0.05, 0) is 104 Å². The number of allylic oxidation sites excluding steroid dienone is 1. The minimum atomic E-state index is 0.911. The van der Waals surface area contributed by atoms with Gasteiger partial charge in [-0.3, -0.25) is 0 Å². The molecule has 0 amide bonds. The highest BCUT2D eigenvalue weighted by molar-refractivity contribution is 6.26. The third-order valence-corrected chi connectivity index (χ3v) is 9.95. The molecule has 220 valence electrons. The van der Waals surface area contributed by atoms with Crippen LogP contribution < -0.4 is 0 Å². The summed E-state index contributed by atoms with van der Waals surface area (Å²) in [6, 6.07) is 52.8. The fourth-order valence-electron chi connectivity index (χ4n) is 7.82. The maximum Gasteiger partial charge on any atom is 0.135 e. The summed E-state index contributed by atoms with van der Waals surface area (Å²) in [5, 5.41) is 12.4. The summed E-state index contributed by atoms with van der Waals surface area (Å²) in [5.74, 6) is 0. The maximum absolute atomic E-state index is 6.13. The van der Waals surface area contributed by atoms with Gasteiger partial charge < -0.3 is 8.98 Å². The molecule has 0 unspecified atom stereocenters. The molecule has 2 nitrogen and oxygen atoms in total. The Hall–Kier alpha value is -6.12. The SMILES string of the molecule is C=C(C)c1cccc2c1c1cc(-c3ccc4oc5ccccc5c4c3)ccc1n2-c1ccc2c3ccccc3c3ccccc3c2c1. The molecular formula is C45H29NO. The zero-order valence-electron chi connectivity index (χ0n) is 25.9. The van der Waals surface area contributed by atoms with Crippen LogP contribution in [0.1, 0.15) is 12.5 Å². The van der Waals surface area contributed by atoms with E-state index in [4.69, 9.17) is 4.42 Å². The number of furan rings is 1. The maximum atomic E-state index is 6.13. The van der Waals surface area contributed by atoms with Crippen LogP contribution in [-0.2, 0) is 0 Å². The lowest BCUT2D eigenvalue weighted by Gasteiger charge is -2.14. The first-order valence-corrected chi connectivity index (χ1v) is 16.1. The van der Waals surface area contributed by atoms with Gasteiger partial charge in [0.25, 0.3) is 0 Å². The normalized spacial score (nSPS) is 12.0. The van der Waals surface area contributed by atoms with Crippen LogP contribution in [0, 0.1) is 0 Å².